The molecule has 2 nitrogen and oxygen atoms in total. The molecule has 0 saturated heterocycles. The average molecular weight is 233 g/mol. The van der Waals surface area contributed by atoms with Gasteiger partial charge in [0, 0.05) is 11.1 Å². The molecule has 0 radical (unpaired) electrons. The number of aliphatic imine (C=N–C) groups is 1. The Morgan fingerprint density at radius 1 is 0.889 bits per heavy atom. The molecule has 86 valence electrons. The normalized spacial score (nSPS) is 15.3. The lowest BCUT2D eigenvalue weighted by Gasteiger charge is -2.01. The number of aldehydes is 1. The lowest BCUT2D eigenvalue weighted by Crippen LogP contribution is -1.97. The largest absolute Gasteiger partial charge is 0.296 e. The summed E-state index contributed by atoms with van der Waals surface area (Å²) in [6.07, 6.45) is 2.81. The van der Waals surface area contributed by atoms with E-state index in [4.69, 9.17) is 0 Å². The van der Waals surface area contributed by atoms with Crippen molar-refractivity contribution in [3.8, 4) is 0 Å². The summed E-state index contributed by atoms with van der Waals surface area (Å²) in [6, 6.07) is 17.7. The van der Waals surface area contributed by atoms with E-state index in [1.54, 1.807) is 0 Å². The third-order valence-electron chi connectivity index (χ3n) is 2.93. The van der Waals surface area contributed by atoms with Crippen molar-refractivity contribution in [2.75, 3.05) is 0 Å². The van der Waals surface area contributed by atoms with Gasteiger partial charge in [0.15, 0.2) is 6.29 Å². The lowest BCUT2D eigenvalue weighted by molar-refractivity contribution is -0.102. The number of nitrogens with zero attached hydrogens (tertiary/aromatic N) is 1. The maximum atomic E-state index is 11.1. The van der Waals surface area contributed by atoms with Gasteiger partial charge in [-0.3, -0.25) is 4.79 Å². The quantitative estimate of drug-likeness (QED) is 0.730. The molecule has 0 aromatic heterocycles. The maximum Gasteiger partial charge on any atom is 0.169 e. The van der Waals surface area contributed by atoms with E-state index < -0.39 is 0 Å². The molecule has 1 heterocycles. The Labute approximate surface area is 105 Å². The fourth-order valence-corrected chi connectivity index (χ4v) is 2.08. The topological polar surface area (TPSA) is 29.4 Å². The van der Waals surface area contributed by atoms with Crippen LogP contribution in [-0.4, -0.2) is 12.0 Å². The molecule has 0 amide bonds. The van der Waals surface area contributed by atoms with Crippen LogP contribution in [0, 0.1) is 0 Å². The van der Waals surface area contributed by atoms with Gasteiger partial charge in [-0.1, -0.05) is 48.5 Å². The molecule has 0 saturated carbocycles. The molecule has 0 aliphatic carbocycles. The van der Waals surface area contributed by atoms with Crippen molar-refractivity contribution in [3.63, 3.8) is 0 Å². The standard InChI is InChI=1S/C16H11NO/c18-11-16-14(10-12-6-2-1-3-7-12)13-8-4-5-9-15(13)17-16/h1-11H/b14-10+. The smallest absolute Gasteiger partial charge is 0.169 e. The van der Waals surface area contributed by atoms with Gasteiger partial charge in [0.25, 0.3) is 0 Å². The van der Waals surface area contributed by atoms with Crippen LogP contribution in [0.3, 0.4) is 0 Å². The molecule has 0 unspecified atom stereocenters. The number of rotatable bonds is 2. The first-order valence-electron chi connectivity index (χ1n) is 5.79. The molecule has 1 aliphatic rings. The van der Waals surface area contributed by atoms with Crippen molar-refractivity contribution >= 4 is 29.3 Å². The number of carbonyl (C=O) groups excluding carboxylic acids is 1. The Morgan fingerprint density at radius 3 is 2.39 bits per heavy atom. The Hall–Kier alpha value is -2.48. The molecule has 0 N–H and O–H groups in total. The molecule has 0 fully saturated rings. The van der Waals surface area contributed by atoms with E-state index in [1.807, 2.05) is 60.7 Å². The van der Waals surface area contributed by atoms with E-state index in [0.29, 0.717) is 5.71 Å². The van der Waals surface area contributed by atoms with Gasteiger partial charge in [0.2, 0.25) is 0 Å². The molecular formula is C16H11NO. The zero-order valence-electron chi connectivity index (χ0n) is 9.71. The monoisotopic (exact) mass is 233 g/mol. The van der Waals surface area contributed by atoms with E-state index in [-0.39, 0.29) is 0 Å². The minimum Gasteiger partial charge on any atom is -0.296 e. The fraction of sp³-hybridized carbons (Fsp3) is 0. The molecular weight excluding hydrogens is 222 g/mol. The van der Waals surface area contributed by atoms with Crippen LogP contribution in [0.5, 0.6) is 0 Å². The van der Waals surface area contributed by atoms with Gasteiger partial charge in [-0.05, 0) is 17.7 Å². The summed E-state index contributed by atoms with van der Waals surface area (Å²) in [5, 5.41) is 0. The molecule has 0 spiro atoms. The molecule has 2 heteroatoms. The van der Waals surface area contributed by atoms with Crippen molar-refractivity contribution in [2.24, 2.45) is 4.99 Å². The zero-order valence-corrected chi connectivity index (χ0v) is 9.71. The van der Waals surface area contributed by atoms with E-state index in [1.165, 1.54) is 0 Å². The second-order valence-electron chi connectivity index (χ2n) is 4.10. The summed E-state index contributed by atoms with van der Waals surface area (Å²) in [5.41, 5.74) is 4.34. The Balaban J connectivity index is 2.14. The number of hydrogen-bond donors (Lipinski definition) is 0. The number of allylic oxidation sites excluding steroid dienone is 1. The van der Waals surface area contributed by atoms with E-state index >= 15 is 0 Å². The third-order valence-corrected chi connectivity index (χ3v) is 2.93. The molecule has 3 rings (SSSR count). The Kier molecular flexibility index (Phi) is 2.61. The number of carbonyl (C=O) groups is 1. The summed E-state index contributed by atoms with van der Waals surface area (Å²) in [6.45, 7) is 0. The van der Waals surface area contributed by atoms with Crippen LogP contribution in [0.25, 0.3) is 11.6 Å². The first-order chi connectivity index (χ1) is 8.88. The van der Waals surface area contributed by atoms with Gasteiger partial charge in [0.05, 0.1) is 5.69 Å². The number of hydrogen-bond acceptors (Lipinski definition) is 2. The predicted molar refractivity (Wildman–Crippen MR) is 73.9 cm³/mol. The molecule has 0 atom stereocenters. The van der Waals surface area contributed by atoms with Gasteiger partial charge in [-0.15, -0.1) is 0 Å². The van der Waals surface area contributed by atoms with Crippen molar-refractivity contribution in [3.05, 3.63) is 65.7 Å². The summed E-state index contributed by atoms with van der Waals surface area (Å²) in [7, 11) is 0. The Bertz CT molecular complexity index is 654. The van der Waals surface area contributed by atoms with Crippen molar-refractivity contribution < 1.29 is 4.79 Å². The summed E-state index contributed by atoms with van der Waals surface area (Å²) in [5.74, 6) is 0. The summed E-state index contributed by atoms with van der Waals surface area (Å²) in [4.78, 5) is 15.4. The highest BCUT2D eigenvalue weighted by molar-refractivity contribution is 6.53. The van der Waals surface area contributed by atoms with Crippen LogP contribution in [0.4, 0.5) is 5.69 Å². The number of benzene rings is 2. The Morgan fingerprint density at radius 2 is 1.61 bits per heavy atom. The lowest BCUT2D eigenvalue weighted by atomic mass is 10.0. The van der Waals surface area contributed by atoms with Crippen LogP contribution in [0.2, 0.25) is 0 Å². The van der Waals surface area contributed by atoms with Crippen LogP contribution in [0.1, 0.15) is 11.1 Å². The highest BCUT2D eigenvalue weighted by Crippen LogP contribution is 2.34. The van der Waals surface area contributed by atoms with E-state index in [0.717, 1.165) is 28.7 Å². The summed E-state index contributed by atoms with van der Waals surface area (Å²) < 4.78 is 0. The van der Waals surface area contributed by atoms with Crippen molar-refractivity contribution in [1.82, 2.24) is 0 Å². The van der Waals surface area contributed by atoms with Gasteiger partial charge >= 0.3 is 0 Å². The van der Waals surface area contributed by atoms with Gasteiger partial charge in [0.1, 0.15) is 5.71 Å². The fourth-order valence-electron chi connectivity index (χ4n) is 2.08. The predicted octanol–water partition coefficient (Wildman–Crippen LogP) is 3.51. The van der Waals surface area contributed by atoms with E-state index in [2.05, 4.69) is 4.99 Å². The van der Waals surface area contributed by atoms with Crippen molar-refractivity contribution in [2.45, 2.75) is 0 Å². The number of fused-ring (bicyclic) bond motifs is 1. The molecule has 2 aromatic rings. The van der Waals surface area contributed by atoms with Crippen molar-refractivity contribution in [1.29, 1.82) is 0 Å². The van der Waals surface area contributed by atoms with Gasteiger partial charge < -0.3 is 0 Å². The van der Waals surface area contributed by atoms with Crippen LogP contribution < -0.4 is 0 Å². The van der Waals surface area contributed by atoms with Crippen LogP contribution in [0.15, 0.2) is 59.6 Å². The molecule has 2 aromatic carbocycles. The van der Waals surface area contributed by atoms with Gasteiger partial charge in [-0.2, -0.15) is 0 Å². The average Bonchev–Trinajstić information content (AvgIpc) is 2.78. The van der Waals surface area contributed by atoms with Gasteiger partial charge in [-0.25, -0.2) is 4.99 Å². The van der Waals surface area contributed by atoms with Crippen LogP contribution >= 0.6 is 0 Å². The second kappa shape index (κ2) is 4.41. The number of para-hydroxylation sites is 1. The zero-order chi connectivity index (χ0) is 12.4. The highest BCUT2D eigenvalue weighted by atomic mass is 16.1. The first kappa shape index (κ1) is 10.7. The highest BCUT2D eigenvalue weighted by Gasteiger charge is 2.19. The SMILES string of the molecule is O=CC1=Nc2ccccc2/C1=C\c1ccccc1. The molecule has 0 bridgehead atoms. The second-order valence-corrected chi connectivity index (χ2v) is 4.10. The first-order valence-corrected chi connectivity index (χ1v) is 5.79. The van der Waals surface area contributed by atoms with Crippen LogP contribution in [-0.2, 0) is 4.79 Å². The van der Waals surface area contributed by atoms with E-state index in [9.17, 15) is 4.79 Å². The minimum atomic E-state index is 0.500. The molecule has 18 heavy (non-hydrogen) atoms. The summed E-state index contributed by atoms with van der Waals surface area (Å²) >= 11 is 0. The third kappa shape index (κ3) is 1.78. The molecule has 1 aliphatic heterocycles. The maximum absolute atomic E-state index is 11.1. The minimum absolute atomic E-state index is 0.500.